The first-order chi connectivity index (χ1) is 17.8. The number of guanidine groups is 1. The highest BCUT2D eigenvalue weighted by Crippen LogP contribution is 2.21. The Balaban J connectivity index is 0.00000235. The molecule has 2 aromatic carbocycles. The van der Waals surface area contributed by atoms with E-state index in [4.69, 9.17) is 14.6 Å². The zero-order valence-electron chi connectivity index (χ0n) is 21.0. The van der Waals surface area contributed by atoms with E-state index >= 15 is 0 Å². The summed E-state index contributed by atoms with van der Waals surface area (Å²) >= 11 is 0. The number of anilines is 1. The molecule has 2 amide bonds. The maximum absolute atomic E-state index is 12.5. The fourth-order valence-corrected chi connectivity index (χ4v) is 2.84. The summed E-state index contributed by atoms with van der Waals surface area (Å²) in [4.78, 5) is 40.1. The van der Waals surface area contributed by atoms with Crippen LogP contribution in [0.15, 0.2) is 71.9 Å². The number of hydrogen-bond donors (Lipinski definition) is 4. The van der Waals surface area contributed by atoms with Gasteiger partial charge < -0.3 is 25.3 Å². The molecule has 37 heavy (non-hydrogen) atoms. The summed E-state index contributed by atoms with van der Waals surface area (Å²) in [6, 6.07) is 18.1. The van der Waals surface area contributed by atoms with Gasteiger partial charge in [0.2, 0.25) is 11.8 Å². The predicted molar refractivity (Wildman–Crippen MR) is 142 cm³/mol. The van der Waals surface area contributed by atoms with Gasteiger partial charge in [0.1, 0.15) is 12.5 Å². The van der Waals surface area contributed by atoms with Crippen LogP contribution in [0, 0.1) is 19.8 Å². The van der Waals surface area contributed by atoms with Crippen molar-refractivity contribution in [2.45, 2.75) is 27.3 Å². The number of carbonyl (C=O) groups excluding carboxylic acids is 2. The number of amides is 2. The van der Waals surface area contributed by atoms with Gasteiger partial charge in [-0.25, -0.2) is 9.78 Å². The number of aryl methyl sites for hydroxylation is 2. The van der Waals surface area contributed by atoms with Gasteiger partial charge in [-0.05, 0) is 49.2 Å². The number of carbonyl (C=O) groups is 3. The Kier molecular flexibility index (Phi) is 11.3. The number of rotatable bonds is 8. The summed E-state index contributed by atoms with van der Waals surface area (Å²) in [7, 11) is 0. The normalized spacial score (nSPS) is 11.4. The number of carboxylic acid groups (broad SMARTS) is 1. The summed E-state index contributed by atoms with van der Waals surface area (Å²) in [5.41, 5.74) is 3.76. The number of aliphatic imine (C=N–C) groups is 1. The zero-order chi connectivity index (χ0) is 27.2. The molecule has 1 aromatic heterocycles. The summed E-state index contributed by atoms with van der Waals surface area (Å²) in [6.45, 7) is 7.82. The van der Waals surface area contributed by atoms with Crippen LogP contribution in [0.2, 0.25) is 0 Å². The molecule has 0 aliphatic rings. The molecule has 0 spiro atoms. The number of nitrogens with zero attached hydrogens (tertiary/aromatic N) is 2. The standard InChI is InChI=1S/C26H29N5O4.CH2O/c1-17-4-7-20(8-5-17)16-29-26(34)31-25(28-15-19(3)24(32)33)30-21-9-11-22(12-10-21)35-23-13-6-18(2)14-27-23;1-2/h4-14,19H,15-16H2,1-3H3,(H,32,33)(H3,28,29,30,31,34);1H2/t19-;/m0./s1. The second-order valence-corrected chi connectivity index (χ2v) is 8.15. The van der Waals surface area contributed by atoms with Crippen LogP contribution in [-0.4, -0.2) is 41.4 Å². The Morgan fingerprint density at radius 2 is 1.65 bits per heavy atom. The highest BCUT2D eigenvalue weighted by Gasteiger charge is 2.12. The van der Waals surface area contributed by atoms with E-state index in [1.165, 1.54) is 0 Å². The van der Waals surface area contributed by atoms with Crippen LogP contribution in [0.4, 0.5) is 10.5 Å². The fourth-order valence-electron chi connectivity index (χ4n) is 2.84. The Labute approximate surface area is 215 Å². The lowest BCUT2D eigenvalue weighted by Crippen LogP contribution is -2.42. The first kappa shape index (κ1) is 28.5. The van der Waals surface area contributed by atoms with Gasteiger partial charge in [0.25, 0.3) is 0 Å². The molecule has 4 N–H and O–H groups in total. The number of aromatic nitrogens is 1. The molecule has 0 bridgehead atoms. The van der Waals surface area contributed by atoms with Gasteiger partial charge in [0.05, 0.1) is 12.5 Å². The third-order valence-corrected chi connectivity index (χ3v) is 4.97. The van der Waals surface area contributed by atoms with Gasteiger partial charge in [0, 0.05) is 24.5 Å². The molecule has 3 aromatic rings. The van der Waals surface area contributed by atoms with Crippen LogP contribution in [0.1, 0.15) is 23.6 Å². The smallest absolute Gasteiger partial charge is 0.321 e. The fraction of sp³-hybridized carbons (Fsp3) is 0.222. The third kappa shape index (κ3) is 10.2. The molecule has 3 rings (SSSR count). The molecule has 10 heteroatoms. The topological polar surface area (TPSA) is 142 Å². The quantitative estimate of drug-likeness (QED) is 0.264. The summed E-state index contributed by atoms with van der Waals surface area (Å²) < 4.78 is 5.73. The van der Waals surface area contributed by atoms with Crippen LogP contribution in [-0.2, 0) is 16.1 Å². The molecule has 1 atom stereocenters. The molecule has 0 fully saturated rings. The summed E-state index contributed by atoms with van der Waals surface area (Å²) in [5.74, 6) is -0.472. The number of hydrogen-bond acceptors (Lipinski definition) is 6. The minimum absolute atomic E-state index is 0.00377. The van der Waals surface area contributed by atoms with Crippen LogP contribution in [0.3, 0.4) is 0 Å². The zero-order valence-corrected chi connectivity index (χ0v) is 21.0. The van der Waals surface area contributed by atoms with Gasteiger partial charge in [-0.15, -0.1) is 0 Å². The molecule has 0 aliphatic heterocycles. The summed E-state index contributed by atoms with van der Waals surface area (Å²) in [5, 5.41) is 17.6. The molecule has 0 radical (unpaired) electrons. The van der Waals surface area contributed by atoms with Crippen molar-refractivity contribution in [1.29, 1.82) is 0 Å². The average molecular weight is 506 g/mol. The van der Waals surface area contributed by atoms with E-state index in [2.05, 4.69) is 25.9 Å². The Bertz CT molecular complexity index is 1180. The van der Waals surface area contributed by atoms with Crippen LogP contribution >= 0.6 is 0 Å². The van der Waals surface area contributed by atoms with E-state index in [1.807, 2.05) is 51.0 Å². The first-order valence-electron chi connectivity index (χ1n) is 11.4. The number of nitrogens with one attached hydrogen (secondary N) is 3. The molecule has 1 heterocycles. The number of aliphatic carboxylic acids is 1. The van der Waals surface area contributed by atoms with Crippen molar-refractivity contribution in [1.82, 2.24) is 15.6 Å². The van der Waals surface area contributed by atoms with Gasteiger partial charge >= 0.3 is 12.0 Å². The molecule has 0 saturated heterocycles. The van der Waals surface area contributed by atoms with Gasteiger partial charge in [-0.3, -0.25) is 15.1 Å². The number of urea groups is 1. The minimum atomic E-state index is -0.969. The van der Waals surface area contributed by atoms with Crippen LogP contribution in [0.25, 0.3) is 0 Å². The first-order valence-corrected chi connectivity index (χ1v) is 11.4. The molecular weight excluding hydrogens is 474 g/mol. The lowest BCUT2D eigenvalue weighted by Gasteiger charge is -2.14. The number of ether oxygens (including phenoxy) is 1. The van der Waals surface area contributed by atoms with E-state index in [0.717, 1.165) is 16.7 Å². The van der Waals surface area contributed by atoms with E-state index in [9.17, 15) is 9.59 Å². The van der Waals surface area contributed by atoms with Crippen molar-refractivity contribution in [3.05, 3.63) is 83.6 Å². The van der Waals surface area contributed by atoms with Crippen molar-refractivity contribution in [3.8, 4) is 11.6 Å². The molecule has 0 unspecified atom stereocenters. The molecule has 0 saturated carbocycles. The average Bonchev–Trinajstić information content (AvgIpc) is 2.90. The minimum Gasteiger partial charge on any atom is -0.481 e. The van der Waals surface area contributed by atoms with Gasteiger partial charge in [0.15, 0.2) is 0 Å². The lowest BCUT2D eigenvalue weighted by molar-refractivity contribution is -0.140. The second kappa shape index (κ2) is 14.6. The molecular formula is C27H31N5O5. The Morgan fingerprint density at radius 3 is 2.24 bits per heavy atom. The Morgan fingerprint density at radius 1 is 1.00 bits per heavy atom. The number of benzene rings is 2. The van der Waals surface area contributed by atoms with Crippen molar-refractivity contribution in [3.63, 3.8) is 0 Å². The van der Waals surface area contributed by atoms with Crippen LogP contribution < -0.4 is 20.7 Å². The van der Waals surface area contributed by atoms with E-state index < -0.39 is 17.9 Å². The third-order valence-electron chi connectivity index (χ3n) is 4.97. The van der Waals surface area contributed by atoms with E-state index in [0.29, 0.717) is 23.9 Å². The van der Waals surface area contributed by atoms with Gasteiger partial charge in [-0.2, -0.15) is 0 Å². The van der Waals surface area contributed by atoms with Crippen LogP contribution in [0.5, 0.6) is 11.6 Å². The second-order valence-electron chi connectivity index (χ2n) is 8.15. The largest absolute Gasteiger partial charge is 0.481 e. The van der Waals surface area contributed by atoms with Crippen molar-refractivity contribution in [2.24, 2.45) is 10.9 Å². The lowest BCUT2D eigenvalue weighted by atomic mass is 10.1. The monoisotopic (exact) mass is 505 g/mol. The number of pyridine rings is 1. The highest BCUT2D eigenvalue weighted by atomic mass is 16.5. The Hall–Kier alpha value is -4.73. The number of carboxylic acids is 1. The maximum atomic E-state index is 12.5. The van der Waals surface area contributed by atoms with Crippen molar-refractivity contribution < 1.29 is 24.2 Å². The van der Waals surface area contributed by atoms with Crippen molar-refractivity contribution >= 4 is 30.4 Å². The van der Waals surface area contributed by atoms with Gasteiger partial charge in [-0.1, -0.05) is 42.8 Å². The van der Waals surface area contributed by atoms with Crippen molar-refractivity contribution in [2.75, 3.05) is 11.9 Å². The molecule has 0 aliphatic carbocycles. The SMILES string of the molecule is C=O.Cc1ccc(CNC(=O)NC(=NC[C@H](C)C(=O)O)Nc2ccc(Oc3ccc(C)cn3)cc2)cc1. The molecule has 10 nitrogen and oxygen atoms in total. The molecule has 194 valence electrons. The summed E-state index contributed by atoms with van der Waals surface area (Å²) in [6.07, 6.45) is 1.72. The van der Waals surface area contributed by atoms with E-state index in [-0.39, 0.29) is 12.5 Å². The maximum Gasteiger partial charge on any atom is 0.321 e. The van der Waals surface area contributed by atoms with E-state index in [1.54, 1.807) is 43.5 Å². The predicted octanol–water partition coefficient (Wildman–Crippen LogP) is 4.29. The highest BCUT2D eigenvalue weighted by molar-refractivity contribution is 6.03.